The Balaban J connectivity index is 0.000000628. The highest BCUT2D eigenvalue weighted by Gasteiger charge is 2.19. The molecule has 0 bridgehead atoms. The highest BCUT2D eigenvalue weighted by atomic mass is 32.2. The molecule has 3 aromatic rings. The molecule has 1 amide bonds. The SMILES string of the molecule is CNC=O.O=S(NC1CCC1)c1cccc(Nc2ncc(Oc3cccc(F)c3)s2)c1. The number of rotatable bonds is 8. The average Bonchev–Trinajstić information content (AvgIpc) is 3.17. The summed E-state index contributed by atoms with van der Waals surface area (Å²) in [5.74, 6) is 0.0698. The van der Waals surface area contributed by atoms with Gasteiger partial charge in [-0.25, -0.2) is 18.3 Å². The normalized spacial score (nSPS) is 13.9. The highest BCUT2D eigenvalue weighted by Crippen LogP contribution is 2.32. The molecule has 0 aliphatic heterocycles. The molecule has 1 unspecified atom stereocenters. The summed E-state index contributed by atoms with van der Waals surface area (Å²) in [5.41, 5.74) is 0.794. The van der Waals surface area contributed by atoms with Crippen molar-refractivity contribution in [1.29, 1.82) is 0 Å². The molecule has 164 valence electrons. The number of anilines is 2. The first-order valence-corrected chi connectivity index (χ1v) is 11.6. The minimum atomic E-state index is -1.22. The summed E-state index contributed by atoms with van der Waals surface area (Å²) < 4.78 is 34.4. The second-order valence-corrected chi connectivity index (χ2v) is 8.86. The van der Waals surface area contributed by atoms with Crippen LogP contribution in [0.5, 0.6) is 10.8 Å². The molecule has 7 nitrogen and oxygen atoms in total. The fourth-order valence-corrected chi connectivity index (χ4v) is 4.39. The number of ether oxygens (including phenoxy) is 1. The lowest BCUT2D eigenvalue weighted by Gasteiger charge is -2.25. The van der Waals surface area contributed by atoms with Gasteiger partial charge in [-0.1, -0.05) is 29.9 Å². The van der Waals surface area contributed by atoms with Gasteiger partial charge in [0.2, 0.25) is 11.5 Å². The summed E-state index contributed by atoms with van der Waals surface area (Å²) in [6.45, 7) is 0. The first-order valence-electron chi connectivity index (χ1n) is 9.62. The van der Waals surface area contributed by atoms with Gasteiger partial charge in [-0.2, -0.15) is 0 Å². The molecule has 1 saturated carbocycles. The van der Waals surface area contributed by atoms with Crippen LogP contribution in [0.25, 0.3) is 0 Å². The quantitative estimate of drug-likeness (QED) is 0.433. The molecule has 0 spiro atoms. The lowest BCUT2D eigenvalue weighted by Crippen LogP contribution is -2.36. The van der Waals surface area contributed by atoms with Crippen molar-refractivity contribution in [3.63, 3.8) is 0 Å². The van der Waals surface area contributed by atoms with Crippen molar-refractivity contribution in [3.8, 4) is 10.8 Å². The van der Waals surface area contributed by atoms with Crippen molar-refractivity contribution in [2.75, 3.05) is 12.4 Å². The van der Waals surface area contributed by atoms with Gasteiger partial charge in [0.15, 0.2) is 5.13 Å². The Morgan fingerprint density at radius 3 is 2.68 bits per heavy atom. The summed E-state index contributed by atoms with van der Waals surface area (Å²) in [6, 6.07) is 13.7. The second kappa shape index (κ2) is 11.5. The van der Waals surface area contributed by atoms with Crippen LogP contribution in [-0.4, -0.2) is 28.7 Å². The van der Waals surface area contributed by atoms with Crippen LogP contribution < -0.4 is 20.1 Å². The van der Waals surface area contributed by atoms with Crippen LogP contribution in [0.2, 0.25) is 0 Å². The van der Waals surface area contributed by atoms with Crippen LogP contribution >= 0.6 is 11.3 Å². The Morgan fingerprint density at radius 1 is 1.23 bits per heavy atom. The van der Waals surface area contributed by atoms with Gasteiger partial charge in [0.05, 0.1) is 11.1 Å². The molecule has 10 heteroatoms. The topological polar surface area (TPSA) is 92.4 Å². The Morgan fingerprint density at radius 2 is 2.00 bits per heavy atom. The number of amides is 1. The largest absolute Gasteiger partial charge is 0.445 e. The molecule has 2 aromatic carbocycles. The Labute approximate surface area is 186 Å². The molecule has 3 N–H and O–H groups in total. The van der Waals surface area contributed by atoms with Crippen molar-refractivity contribution in [2.45, 2.75) is 30.2 Å². The van der Waals surface area contributed by atoms with Crippen LogP contribution in [0.1, 0.15) is 19.3 Å². The third-order valence-corrected chi connectivity index (χ3v) is 6.32. The van der Waals surface area contributed by atoms with Crippen molar-refractivity contribution in [1.82, 2.24) is 15.0 Å². The minimum absolute atomic E-state index is 0.351. The second-order valence-electron chi connectivity index (χ2n) is 6.62. The molecule has 1 atom stereocenters. The van der Waals surface area contributed by atoms with Crippen LogP contribution in [-0.2, 0) is 15.8 Å². The number of carbonyl (C=O) groups excluding carboxylic acids is 1. The first-order chi connectivity index (χ1) is 15.1. The van der Waals surface area contributed by atoms with Crippen molar-refractivity contribution >= 4 is 39.6 Å². The van der Waals surface area contributed by atoms with E-state index >= 15 is 0 Å². The number of hydrogen-bond acceptors (Lipinski definition) is 6. The van der Waals surface area contributed by atoms with Crippen LogP contribution in [0, 0.1) is 5.82 Å². The van der Waals surface area contributed by atoms with Crippen molar-refractivity contribution < 1.29 is 18.1 Å². The maximum atomic E-state index is 13.2. The van der Waals surface area contributed by atoms with E-state index in [0.29, 0.717) is 28.4 Å². The van der Waals surface area contributed by atoms with E-state index in [-0.39, 0.29) is 5.82 Å². The van der Waals surface area contributed by atoms with Gasteiger partial charge in [0.1, 0.15) is 22.6 Å². The van der Waals surface area contributed by atoms with E-state index in [1.165, 1.54) is 29.9 Å². The van der Waals surface area contributed by atoms with Crippen molar-refractivity contribution in [3.05, 3.63) is 60.5 Å². The number of nitrogens with zero attached hydrogens (tertiary/aromatic N) is 1. The van der Waals surface area contributed by atoms with E-state index in [1.54, 1.807) is 25.4 Å². The standard InChI is InChI=1S/C19H18FN3O2S2.C2H5NO/c20-13-4-1-8-16(10-13)25-18-12-21-19(26-18)22-15-7-3-9-17(11-15)27(24)23-14-5-2-6-14;1-3-2-4/h1,3-4,7-12,14,23H,2,5-6H2,(H,21,22);2H,1H3,(H,3,4). The fraction of sp³-hybridized carbons (Fsp3) is 0.238. The van der Waals surface area contributed by atoms with Gasteiger partial charge in [-0.3, -0.25) is 4.79 Å². The van der Waals surface area contributed by atoms with E-state index in [0.717, 1.165) is 23.4 Å². The first kappa shape index (κ1) is 22.9. The van der Waals surface area contributed by atoms with Gasteiger partial charge in [-0.15, -0.1) is 0 Å². The smallest absolute Gasteiger partial charge is 0.206 e. The Hall–Kier alpha value is -2.82. The molecule has 1 aliphatic rings. The lowest BCUT2D eigenvalue weighted by atomic mass is 9.94. The average molecular weight is 463 g/mol. The van der Waals surface area contributed by atoms with Crippen LogP contribution in [0.4, 0.5) is 15.2 Å². The number of nitrogens with one attached hydrogen (secondary N) is 3. The molecule has 0 radical (unpaired) electrons. The summed E-state index contributed by atoms with van der Waals surface area (Å²) in [6.07, 6.45) is 5.56. The molecule has 1 heterocycles. The summed E-state index contributed by atoms with van der Waals surface area (Å²) in [4.78, 5) is 14.1. The van der Waals surface area contributed by atoms with Gasteiger partial charge < -0.3 is 15.4 Å². The molecular formula is C21H23FN4O3S2. The summed E-state index contributed by atoms with van der Waals surface area (Å²) in [7, 11) is 0.341. The van der Waals surface area contributed by atoms with E-state index in [9.17, 15) is 8.60 Å². The maximum absolute atomic E-state index is 13.2. The highest BCUT2D eigenvalue weighted by molar-refractivity contribution is 7.83. The number of thiazole rings is 1. The van der Waals surface area contributed by atoms with Crippen LogP contribution in [0.15, 0.2) is 59.6 Å². The molecular weight excluding hydrogens is 439 g/mol. The van der Waals surface area contributed by atoms with Gasteiger partial charge >= 0.3 is 0 Å². The van der Waals surface area contributed by atoms with Gasteiger partial charge in [0, 0.05) is 24.8 Å². The zero-order valence-electron chi connectivity index (χ0n) is 16.8. The molecule has 0 saturated heterocycles. The number of halogens is 1. The number of aromatic nitrogens is 1. The number of carbonyl (C=O) groups is 1. The minimum Gasteiger partial charge on any atom is -0.445 e. The predicted molar refractivity (Wildman–Crippen MR) is 121 cm³/mol. The van der Waals surface area contributed by atoms with E-state index in [4.69, 9.17) is 9.53 Å². The molecule has 31 heavy (non-hydrogen) atoms. The molecule has 1 fully saturated rings. The monoisotopic (exact) mass is 462 g/mol. The van der Waals surface area contributed by atoms with Gasteiger partial charge in [-0.05, 0) is 43.2 Å². The predicted octanol–water partition coefficient (Wildman–Crippen LogP) is 4.35. The molecule has 1 aromatic heterocycles. The van der Waals surface area contributed by atoms with E-state index in [2.05, 4.69) is 20.3 Å². The number of benzene rings is 2. The van der Waals surface area contributed by atoms with Gasteiger partial charge in [0.25, 0.3) is 0 Å². The molecule has 1 aliphatic carbocycles. The van der Waals surface area contributed by atoms with E-state index in [1.807, 2.05) is 24.3 Å². The maximum Gasteiger partial charge on any atom is 0.206 e. The number of hydrogen-bond donors (Lipinski definition) is 3. The zero-order valence-corrected chi connectivity index (χ0v) is 18.5. The fourth-order valence-electron chi connectivity index (χ4n) is 2.57. The Kier molecular flexibility index (Phi) is 8.51. The zero-order chi connectivity index (χ0) is 22.1. The summed E-state index contributed by atoms with van der Waals surface area (Å²) >= 11 is 1.31. The van der Waals surface area contributed by atoms with Crippen molar-refractivity contribution in [2.24, 2.45) is 0 Å². The van der Waals surface area contributed by atoms with Crippen LogP contribution in [0.3, 0.4) is 0 Å². The lowest BCUT2D eigenvalue weighted by molar-refractivity contribution is -0.109. The molecule has 4 rings (SSSR count). The third-order valence-electron chi connectivity index (χ3n) is 4.30. The summed E-state index contributed by atoms with van der Waals surface area (Å²) in [5, 5.41) is 6.63. The Bertz CT molecular complexity index is 1030. The van der Waals surface area contributed by atoms with E-state index < -0.39 is 11.0 Å². The third kappa shape index (κ3) is 7.12.